The van der Waals surface area contributed by atoms with E-state index in [1.807, 2.05) is 41.5 Å². The summed E-state index contributed by atoms with van der Waals surface area (Å²) >= 11 is 0. The molecule has 0 saturated heterocycles. The van der Waals surface area contributed by atoms with Gasteiger partial charge < -0.3 is 15.5 Å². The van der Waals surface area contributed by atoms with Crippen LogP contribution >= 0.6 is 0 Å². The Morgan fingerprint density at radius 3 is 2.12 bits per heavy atom. The van der Waals surface area contributed by atoms with Gasteiger partial charge in [0.2, 0.25) is 0 Å². The van der Waals surface area contributed by atoms with E-state index in [-0.39, 0.29) is 11.0 Å². The molecule has 0 aliphatic rings. The van der Waals surface area contributed by atoms with Crippen LogP contribution in [-0.4, -0.2) is 44.1 Å². The fourth-order valence-corrected chi connectivity index (χ4v) is 1.84. The van der Waals surface area contributed by atoms with Crippen LogP contribution in [0.25, 0.3) is 0 Å². The number of carbonyl (C=O) groups excluding carboxylic acids is 1. The van der Waals surface area contributed by atoms with Gasteiger partial charge in [-0.25, -0.2) is 14.3 Å². The van der Waals surface area contributed by atoms with Crippen molar-refractivity contribution in [1.82, 2.24) is 15.1 Å². The minimum absolute atomic E-state index is 0.184. The van der Waals surface area contributed by atoms with E-state index in [1.165, 1.54) is 0 Å². The second kappa shape index (κ2) is 6.43. The first-order valence-electron chi connectivity index (χ1n) is 7.76. The SMILES string of the molecule is CC(O)(CNC(=O)Nc1cc(C(C)(C)C)nn1C(C)(C)C)C(=O)O. The predicted octanol–water partition coefficient (Wildman–Crippen LogP) is 1.89. The molecule has 0 aromatic carbocycles. The van der Waals surface area contributed by atoms with Gasteiger partial charge in [0.25, 0.3) is 0 Å². The molecular weight excluding hydrogens is 312 g/mol. The van der Waals surface area contributed by atoms with Gasteiger partial charge in [0.1, 0.15) is 5.82 Å². The zero-order valence-corrected chi connectivity index (χ0v) is 15.4. The van der Waals surface area contributed by atoms with Gasteiger partial charge in [0.15, 0.2) is 5.60 Å². The number of carboxylic acid groups (broad SMARTS) is 1. The van der Waals surface area contributed by atoms with E-state index >= 15 is 0 Å². The molecule has 8 nitrogen and oxygen atoms in total. The number of aliphatic carboxylic acids is 1. The Balaban J connectivity index is 2.96. The quantitative estimate of drug-likeness (QED) is 0.668. The summed E-state index contributed by atoms with van der Waals surface area (Å²) in [5.74, 6) is -0.905. The first-order chi connectivity index (χ1) is 10.6. The summed E-state index contributed by atoms with van der Waals surface area (Å²) in [7, 11) is 0. The number of hydrogen-bond acceptors (Lipinski definition) is 4. The summed E-state index contributed by atoms with van der Waals surface area (Å²) in [6.45, 7) is 12.7. The van der Waals surface area contributed by atoms with Crippen LogP contribution in [0.1, 0.15) is 54.2 Å². The van der Waals surface area contributed by atoms with Gasteiger partial charge in [-0.15, -0.1) is 0 Å². The number of aliphatic hydroxyl groups is 1. The van der Waals surface area contributed by atoms with Crippen molar-refractivity contribution < 1.29 is 19.8 Å². The Morgan fingerprint density at radius 1 is 1.17 bits per heavy atom. The normalized spacial score (nSPS) is 14.8. The maximum Gasteiger partial charge on any atom is 0.337 e. The molecular formula is C16H28N4O4. The number of urea groups is 1. The van der Waals surface area contributed by atoms with Gasteiger partial charge in [0.05, 0.1) is 17.8 Å². The molecule has 2 amide bonds. The molecule has 0 saturated carbocycles. The van der Waals surface area contributed by atoms with E-state index in [1.54, 1.807) is 10.7 Å². The largest absolute Gasteiger partial charge is 0.479 e. The Morgan fingerprint density at radius 2 is 1.71 bits per heavy atom. The van der Waals surface area contributed by atoms with Crippen molar-refractivity contribution in [2.75, 3.05) is 11.9 Å². The standard InChI is InChI=1S/C16H28N4O4/c1-14(2,3)10-8-11(20(19-10)15(4,5)6)18-13(23)17-9-16(7,24)12(21)22/h8,24H,9H2,1-7H3,(H,21,22)(H2,17,18,23). The Kier molecular flexibility index (Phi) is 5.34. The number of aromatic nitrogens is 2. The van der Waals surface area contributed by atoms with Crippen molar-refractivity contribution in [1.29, 1.82) is 0 Å². The number of anilines is 1. The number of nitrogens with zero attached hydrogens (tertiary/aromatic N) is 2. The van der Waals surface area contributed by atoms with E-state index < -0.39 is 24.1 Å². The third kappa shape index (κ3) is 4.95. The number of hydrogen-bond donors (Lipinski definition) is 4. The van der Waals surface area contributed by atoms with Crippen molar-refractivity contribution in [3.8, 4) is 0 Å². The van der Waals surface area contributed by atoms with Crippen LogP contribution in [0.5, 0.6) is 0 Å². The zero-order chi connectivity index (χ0) is 18.9. The number of rotatable bonds is 4. The van der Waals surface area contributed by atoms with Gasteiger partial charge >= 0.3 is 12.0 Å². The van der Waals surface area contributed by atoms with Crippen molar-refractivity contribution in [2.24, 2.45) is 0 Å². The Labute approximate surface area is 142 Å². The number of carboxylic acids is 1. The maximum absolute atomic E-state index is 12.1. The minimum Gasteiger partial charge on any atom is -0.479 e. The fourth-order valence-electron chi connectivity index (χ4n) is 1.84. The second-order valence-electron chi connectivity index (χ2n) is 8.13. The molecule has 1 aromatic heterocycles. The first kappa shape index (κ1) is 20.0. The van der Waals surface area contributed by atoms with E-state index in [9.17, 15) is 14.7 Å². The van der Waals surface area contributed by atoms with E-state index in [2.05, 4.69) is 15.7 Å². The molecule has 1 atom stereocenters. The van der Waals surface area contributed by atoms with Crippen LogP contribution in [0, 0.1) is 0 Å². The molecule has 8 heteroatoms. The van der Waals surface area contributed by atoms with Crippen LogP contribution in [0.2, 0.25) is 0 Å². The smallest absolute Gasteiger partial charge is 0.337 e. The van der Waals surface area contributed by atoms with Gasteiger partial charge in [-0.1, -0.05) is 20.8 Å². The van der Waals surface area contributed by atoms with Crippen LogP contribution in [-0.2, 0) is 15.7 Å². The van der Waals surface area contributed by atoms with Crippen LogP contribution in [0.4, 0.5) is 10.6 Å². The molecule has 1 heterocycles. The molecule has 1 rings (SSSR count). The average molecular weight is 340 g/mol. The number of carbonyl (C=O) groups is 2. The Hall–Kier alpha value is -2.09. The highest BCUT2D eigenvalue weighted by Gasteiger charge is 2.31. The molecule has 4 N–H and O–H groups in total. The van der Waals surface area contributed by atoms with Gasteiger partial charge in [0, 0.05) is 11.5 Å². The van der Waals surface area contributed by atoms with Crippen LogP contribution < -0.4 is 10.6 Å². The molecule has 0 aliphatic heterocycles. The lowest BCUT2D eigenvalue weighted by Gasteiger charge is -2.23. The maximum atomic E-state index is 12.1. The summed E-state index contributed by atoms with van der Waals surface area (Å²) < 4.78 is 1.71. The predicted molar refractivity (Wildman–Crippen MR) is 91.2 cm³/mol. The molecule has 0 radical (unpaired) electrons. The second-order valence-corrected chi connectivity index (χ2v) is 8.13. The fraction of sp³-hybridized carbons (Fsp3) is 0.688. The van der Waals surface area contributed by atoms with Gasteiger partial charge in [-0.2, -0.15) is 5.10 Å². The van der Waals surface area contributed by atoms with Gasteiger partial charge in [-0.3, -0.25) is 5.32 Å². The summed E-state index contributed by atoms with van der Waals surface area (Å²) in [6.07, 6.45) is 0. The summed E-state index contributed by atoms with van der Waals surface area (Å²) in [5.41, 5.74) is -1.74. The van der Waals surface area contributed by atoms with Crippen molar-refractivity contribution >= 4 is 17.8 Å². The lowest BCUT2D eigenvalue weighted by Crippen LogP contribution is -2.47. The molecule has 0 spiro atoms. The lowest BCUT2D eigenvalue weighted by molar-refractivity contribution is -0.155. The van der Waals surface area contributed by atoms with Crippen molar-refractivity contribution in [3.05, 3.63) is 11.8 Å². The molecule has 0 bridgehead atoms. The molecule has 24 heavy (non-hydrogen) atoms. The molecule has 0 aliphatic carbocycles. The van der Waals surface area contributed by atoms with Crippen molar-refractivity contribution in [3.63, 3.8) is 0 Å². The van der Waals surface area contributed by atoms with Crippen LogP contribution in [0.15, 0.2) is 6.07 Å². The highest BCUT2D eigenvalue weighted by Crippen LogP contribution is 2.28. The molecule has 0 fully saturated rings. The molecule has 1 aromatic rings. The minimum atomic E-state index is -2.03. The van der Waals surface area contributed by atoms with Gasteiger partial charge in [-0.05, 0) is 27.7 Å². The summed E-state index contributed by atoms with van der Waals surface area (Å²) in [4.78, 5) is 22.9. The summed E-state index contributed by atoms with van der Waals surface area (Å²) in [6, 6.07) is 1.18. The average Bonchev–Trinajstić information content (AvgIpc) is 2.80. The topological polar surface area (TPSA) is 116 Å². The van der Waals surface area contributed by atoms with E-state index in [4.69, 9.17) is 5.11 Å². The summed E-state index contributed by atoms with van der Waals surface area (Å²) in [5, 5.41) is 28.1. The highest BCUT2D eigenvalue weighted by molar-refractivity contribution is 5.89. The number of nitrogens with one attached hydrogen (secondary N) is 2. The Bertz CT molecular complexity index is 621. The molecule has 136 valence electrons. The molecule has 1 unspecified atom stereocenters. The van der Waals surface area contributed by atoms with E-state index in [0.29, 0.717) is 5.82 Å². The van der Waals surface area contributed by atoms with Crippen LogP contribution in [0.3, 0.4) is 0 Å². The third-order valence-corrected chi connectivity index (χ3v) is 3.41. The zero-order valence-electron chi connectivity index (χ0n) is 15.4. The highest BCUT2D eigenvalue weighted by atomic mass is 16.4. The van der Waals surface area contributed by atoms with Crippen molar-refractivity contribution in [2.45, 2.75) is 65.0 Å². The van der Waals surface area contributed by atoms with E-state index in [0.717, 1.165) is 12.6 Å². The third-order valence-electron chi connectivity index (χ3n) is 3.41. The lowest BCUT2D eigenvalue weighted by atomic mass is 9.92. The number of amides is 2. The monoisotopic (exact) mass is 340 g/mol. The first-order valence-corrected chi connectivity index (χ1v) is 7.76.